The van der Waals surface area contributed by atoms with Crippen molar-refractivity contribution in [2.75, 3.05) is 6.54 Å². The van der Waals surface area contributed by atoms with Crippen molar-refractivity contribution in [2.24, 2.45) is 29.6 Å². The lowest BCUT2D eigenvalue weighted by molar-refractivity contribution is -0.584. The average molecular weight is 424 g/mol. The third-order valence-electron chi connectivity index (χ3n) is 8.85. The molecule has 4 N–H and O–H groups in total. The third kappa shape index (κ3) is 3.32. The molecular weight excluding hydrogens is 390 g/mol. The first kappa shape index (κ1) is 20.5. The van der Waals surface area contributed by atoms with Crippen LogP contribution in [0.25, 0.3) is 0 Å². The van der Waals surface area contributed by atoms with Crippen LogP contribution < -0.4 is 16.0 Å². The summed E-state index contributed by atoms with van der Waals surface area (Å²) in [6.45, 7) is 3.29. The molecule has 0 aromatic carbocycles. The van der Waals surface area contributed by atoms with Crippen LogP contribution in [0, 0.1) is 49.8 Å². The lowest BCUT2D eigenvalue weighted by Gasteiger charge is -2.57. The Bertz CT molecular complexity index is 709. The van der Waals surface area contributed by atoms with Gasteiger partial charge in [0, 0.05) is 33.9 Å². The maximum absolute atomic E-state index is 11.7. The first-order chi connectivity index (χ1) is 14.3. The summed E-state index contributed by atoms with van der Waals surface area (Å²) in [5.74, 6) is 1.81. The topological polar surface area (TPSA) is 143 Å². The molecule has 3 saturated heterocycles. The predicted molar refractivity (Wildman–Crippen MR) is 108 cm³/mol. The number of aliphatic hydroxyl groups is 1. The Hall–Kier alpha value is -1.36. The van der Waals surface area contributed by atoms with E-state index in [-0.39, 0.29) is 35.5 Å². The molecule has 0 amide bonds. The van der Waals surface area contributed by atoms with E-state index in [9.17, 15) is 25.3 Å². The minimum absolute atomic E-state index is 0.0969. The van der Waals surface area contributed by atoms with E-state index in [2.05, 4.69) is 22.9 Å². The van der Waals surface area contributed by atoms with Crippen molar-refractivity contribution in [2.45, 2.75) is 87.9 Å². The largest absolute Gasteiger partial charge is 0.384 e. The van der Waals surface area contributed by atoms with E-state index < -0.39 is 29.2 Å². The van der Waals surface area contributed by atoms with E-state index in [1.165, 1.54) is 12.8 Å². The van der Waals surface area contributed by atoms with E-state index in [1.807, 2.05) is 0 Å². The molecule has 2 saturated carbocycles. The molecule has 30 heavy (non-hydrogen) atoms. The molecule has 5 fully saturated rings. The molecule has 168 valence electrons. The average Bonchev–Trinajstić information content (AvgIpc) is 2.71. The van der Waals surface area contributed by atoms with Crippen LogP contribution in [-0.2, 0) is 0 Å². The van der Waals surface area contributed by atoms with Crippen molar-refractivity contribution in [3.05, 3.63) is 20.2 Å². The number of aliphatic hydroxyl groups excluding tert-OH is 1. The number of hydrogen-bond donors (Lipinski definition) is 4. The highest BCUT2D eigenvalue weighted by Gasteiger charge is 2.59. The summed E-state index contributed by atoms with van der Waals surface area (Å²) in [6, 6.07) is -2.51. The Labute approximate surface area is 175 Å². The summed E-state index contributed by atoms with van der Waals surface area (Å²) in [5.41, 5.74) is 0. The van der Waals surface area contributed by atoms with Crippen LogP contribution in [0.2, 0.25) is 0 Å². The molecule has 0 radical (unpaired) electrons. The lowest BCUT2D eigenvalue weighted by Crippen LogP contribution is -2.74. The van der Waals surface area contributed by atoms with Gasteiger partial charge in [0.05, 0.1) is 12.6 Å². The number of piperidine rings is 3. The third-order valence-corrected chi connectivity index (χ3v) is 8.85. The van der Waals surface area contributed by atoms with Crippen LogP contribution in [-0.4, -0.2) is 64.0 Å². The number of nitrogens with zero attached hydrogens (tertiary/aromatic N) is 2. The van der Waals surface area contributed by atoms with Gasteiger partial charge in [0.2, 0.25) is 12.1 Å². The summed E-state index contributed by atoms with van der Waals surface area (Å²) in [6.07, 6.45) is 4.14. The normalized spacial score (nSPS) is 52.9. The lowest BCUT2D eigenvalue weighted by atomic mass is 9.60. The van der Waals surface area contributed by atoms with E-state index in [0.717, 1.165) is 19.4 Å². The molecule has 10 nitrogen and oxygen atoms in total. The Morgan fingerprint density at radius 2 is 1.50 bits per heavy atom. The fourth-order valence-electron chi connectivity index (χ4n) is 7.48. The number of rotatable bonds is 2. The van der Waals surface area contributed by atoms with Crippen LogP contribution >= 0.6 is 0 Å². The summed E-state index contributed by atoms with van der Waals surface area (Å²) in [4.78, 5) is 22.3. The standard InChI is InChI=1S/C20H33N5O5/c1-9-4-12-5-10-2-3-11-6-13-14(24(27)28)7-15(25(29)30)19(26)18(13)22-16(11)17(10)23-20(12)21-8-9/h9-23,26H,2-8H2,1H3. The molecule has 0 bridgehead atoms. The molecule has 12 atom stereocenters. The van der Waals surface area contributed by atoms with Gasteiger partial charge in [-0.15, -0.1) is 0 Å². The first-order valence-corrected chi connectivity index (χ1v) is 11.5. The number of hydrogen-bond acceptors (Lipinski definition) is 8. The zero-order valence-corrected chi connectivity index (χ0v) is 17.4. The van der Waals surface area contributed by atoms with Crippen molar-refractivity contribution < 1.29 is 15.0 Å². The van der Waals surface area contributed by atoms with Gasteiger partial charge in [-0.05, 0) is 62.3 Å². The minimum atomic E-state index is -1.28. The Kier molecular flexibility index (Phi) is 5.24. The number of nitrogens with one attached hydrogen (secondary N) is 3. The fourth-order valence-corrected chi connectivity index (χ4v) is 7.48. The molecule has 5 aliphatic rings. The Morgan fingerprint density at radius 1 is 0.833 bits per heavy atom. The molecule has 10 heteroatoms. The van der Waals surface area contributed by atoms with E-state index >= 15 is 0 Å². The molecule has 0 aromatic rings. The van der Waals surface area contributed by atoms with Crippen molar-refractivity contribution in [1.82, 2.24) is 16.0 Å². The van der Waals surface area contributed by atoms with Gasteiger partial charge in [0.15, 0.2) is 0 Å². The van der Waals surface area contributed by atoms with Crippen molar-refractivity contribution >= 4 is 0 Å². The fraction of sp³-hybridized carbons (Fsp3) is 1.00. The molecular formula is C20H33N5O5. The second-order valence-electron chi connectivity index (χ2n) is 10.6. The molecule has 2 aliphatic carbocycles. The van der Waals surface area contributed by atoms with Crippen LogP contribution in [0.4, 0.5) is 0 Å². The van der Waals surface area contributed by atoms with Gasteiger partial charge >= 0.3 is 0 Å². The summed E-state index contributed by atoms with van der Waals surface area (Å²) >= 11 is 0. The van der Waals surface area contributed by atoms with Crippen molar-refractivity contribution in [3.8, 4) is 0 Å². The van der Waals surface area contributed by atoms with Crippen LogP contribution in [0.1, 0.15) is 45.4 Å². The van der Waals surface area contributed by atoms with Crippen molar-refractivity contribution in [1.29, 1.82) is 0 Å². The van der Waals surface area contributed by atoms with Crippen molar-refractivity contribution in [3.63, 3.8) is 0 Å². The number of fused-ring (bicyclic) bond motifs is 5. The van der Waals surface area contributed by atoms with Crippen LogP contribution in [0.3, 0.4) is 0 Å². The molecule has 0 aromatic heterocycles. The van der Waals surface area contributed by atoms with Gasteiger partial charge in [-0.1, -0.05) is 6.92 Å². The zero-order valence-electron chi connectivity index (χ0n) is 17.4. The molecule has 3 aliphatic heterocycles. The Balaban J connectivity index is 1.37. The highest BCUT2D eigenvalue weighted by Crippen LogP contribution is 2.46. The monoisotopic (exact) mass is 423 g/mol. The van der Waals surface area contributed by atoms with Crippen LogP contribution in [0.5, 0.6) is 0 Å². The van der Waals surface area contributed by atoms with E-state index in [4.69, 9.17) is 0 Å². The highest BCUT2D eigenvalue weighted by molar-refractivity contribution is 5.10. The van der Waals surface area contributed by atoms with E-state index in [1.54, 1.807) is 0 Å². The molecule has 0 spiro atoms. The Morgan fingerprint density at radius 3 is 2.20 bits per heavy atom. The van der Waals surface area contributed by atoms with Gasteiger partial charge in [0.1, 0.15) is 6.10 Å². The quantitative estimate of drug-likeness (QED) is 0.368. The summed E-state index contributed by atoms with van der Waals surface area (Å²) in [5, 5.41) is 45.0. The van der Waals surface area contributed by atoms with Gasteiger partial charge in [-0.3, -0.25) is 25.5 Å². The smallest absolute Gasteiger partial charge is 0.246 e. The van der Waals surface area contributed by atoms with Crippen LogP contribution in [0.15, 0.2) is 0 Å². The number of nitro groups is 2. The van der Waals surface area contributed by atoms with E-state index in [0.29, 0.717) is 30.1 Å². The minimum Gasteiger partial charge on any atom is -0.384 e. The first-order valence-electron chi connectivity index (χ1n) is 11.5. The molecule has 3 heterocycles. The van der Waals surface area contributed by atoms with Gasteiger partial charge < -0.3 is 15.7 Å². The maximum Gasteiger partial charge on any atom is 0.246 e. The molecule has 12 unspecified atom stereocenters. The second kappa shape index (κ2) is 7.65. The summed E-state index contributed by atoms with van der Waals surface area (Å²) in [7, 11) is 0. The van der Waals surface area contributed by atoms with Gasteiger partial charge in [-0.2, -0.15) is 0 Å². The SMILES string of the molecule is CC1CNC2NC3C(CCC4CC5C(NC43)C(O)C([N+](=O)[O-])CC5[N+](=O)[O-])CC2C1. The highest BCUT2D eigenvalue weighted by atomic mass is 16.6. The van der Waals surface area contributed by atoms with Gasteiger partial charge in [0.25, 0.3) is 0 Å². The summed E-state index contributed by atoms with van der Waals surface area (Å²) < 4.78 is 0. The predicted octanol–water partition coefficient (Wildman–Crippen LogP) is 0.348. The second-order valence-corrected chi connectivity index (χ2v) is 10.6. The maximum atomic E-state index is 11.7. The van der Waals surface area contributed by atoms with Gasteiger partial charge in [-0.25, -0.2) is 0 Å². The molecule has 5 rings (SSSR count). The zero-order chi connectivity index (χ0) is 21.2.